The van der Waals surface area contributed by atoms with Crippen molar-refractivity contribution in [2.24, 2.45) is 5.92 Å². The SMILES string of the molecule is C=C(O)C(C)CCNCC. The van der Waals surface area contributed by atoms with Crippen molar-refractivity contribution in [3.05, 3.63) is 12.3 Å². The van der Waals surface area contributed by atoms with Crippen LogP contribution in [-0.2, 0) is 0 Å². The van der Waals surface area contributed by atoms with Crippen molar-refractivity contribution in [3.63, 3.8) is 0 Å². The van der Waals surface area contributed by atoms with E-state index >= 15 is 0 Å². The van der Waals surface area contributed by atoms with Crippen LogP contribution in [0.15, 0.2) is 12.3 Å². The lowest BCUT2D eigenvalue weighted by Crippen LogP contribution is -2.16. The van der Waals surface area contributed by atoms with Crippen molar-refractivity contribution >= 4 is 0 Å². The summed E-state index contributed by atoms with van der Waals surface area (Å²) in [6.07, 6.45) is 0.961. The van der Waals surface area contributed by atoms with E-state index in [-0.39, 0.29) is 11.7 Å². The number of rotatable bonds is 5. The molecule has 0 saturated carbocycles. The number of hydrogen-bond acceptors (Lipinski definition) is 2. The van der Waals surface area contributed by atoms with Gasteiger partial charge in [0.05, 0.1) is 5.76 Å². The molecule has 0 aromatic carbocycles. The van der Waals surface area contributed by atoms with Crippen LogP contribution < -0.4 is 5.32 Å². The normalized spacial score (nSPS) is 13.0. The average molecular weight is 143 g/mol. The summed E-state index contributed by atoms with van der Waals surface area (Å²) >= 11 is 0. The fourth-order valence-electron chi connectivity index (χ4n) is 0.662. The van der Waals surface area contributed by atoms with E-state index in [2.05, 4.69) is 18.8 Å². The van der Waals surface area contributed by atoms with E-state index in [1.165, 1.54) is 0 Å². The van der Waals surface area contributed by atoms with Gasteiger partial charge >= 0.3 is 0 Å². The van der Waals surface area contributed by atoms with Crippen LogP contribution in [0.1, 0.15) is 20.3 Å². The average Bonchev–Trinajstić information content (AvgIpc) is 1.88. The van der Waals surface area contributed by atoms with Crippen LogP contribution >= 0.6 is 0 Å². The Kier molecular flexibility index (Phi) is 5.03. The highest BCUT2D eigenvalue weighted by Gasteiger charge is 2.02. The van der Waals surface area contributed by atoms with Gasteiger partial charge in [-0.1, -0.05) is 20.4 Å². The second kappa shape index (κ2) is 5.30. The van der Waals surface area contributed by atoms with Gasteiger partial charge in [0.15, 0.2) is 0 Å². The Balaban J connectivity index is 3.21. The summed E-state index contributed by atoms with van der Waals surface area (Å²) < 4.78 is 0. The zero-order valence-corrected chi connectivity index (χ0v) is 6.85. The molecule has 0 rings (SSSR count). The third kappa shape index (κ3) is 4.39. The second-order valence-corrected chi connectivity index (χ2v) is 2.53. The molecule has 1 unspecified atom stereocenters. The lowest BCUT2D eigenvalue weighted by molar-refractivity contribution is 0.332. The van der Waals surface area contributed by atoms with Crippen LogP contribution in [0.25, 0.3) is 0 Å². The summed E-state index contributed by atoms with van der Waals surface area (Å²) in [5.41, 5.74) is 0. The van der Waals surface area contributed by atoms with Crippen LogP contribution in [0.2, 0.25) is 0 Å². The van der Waals surface area contributed by atoms with Crippen LogP contribution in [0, 0.1) is 5.92 Å². The first kappa shape index (κ1) is 9.50. The molecule has 0 saturated heterocycles. The number of allylic oxidation sites excluding steroid dienone is 1. The van der Waals surface area contributed by atoms with Gasteiger partial charge in [-0.15, -0.1) is 0 Å². The highest BCUT2D eigenvalue weighted by molar-refractivity contribution is 4.85. The molecule has 1 atom stereocenters. The van der Waals surface area contributed by atoms with Gasteiger partial charge in [-0.3, -0.25) is 0 Å². The number of aliphatic hydroxyl groups is 1. The largest absolute Gasteiger partial charge is 0.513 e. The van der Waals surface area contributed by atoms with Crippen LogP contribution in [-0.4, -0.2) is 18.2 Å². The van der Waals surface area contributed by atoms with Gasteiger partial charge in [0.25, 0.3) is 0 Å². The molecule has 0 aliphatic carbocycles. The van der Waals surface area contributed by atoms with Gasteiger partial charge in [-0.2, -0.15) is 0 Å². The van der Waals surface area contributed by atoms with E-state index in [4.69, 9.17) is 5.11 Å². The quantitative estimate of drug-likeness (QED) is 0.453. The van der Waals surface area contributed by atoms with Crippen molar-refractivity contribution in [2.75, 3.05) is 13.1 Å². The molecule has 0 aromatic heterocycles. The highest BCUT2D eigenvalue weighted by Crippen LogP contribution is 2.07. The lowest BCUT2D eigenvalue weighted by Gasteiger charge is -2.08. The molecule has 10 heavy (non-hydrogen) atoms. The predicted octanol–water partition coefficient (Wildman–Crippen LogP) is 1.69. The van der Waals surface area contributed by atoms with Crippen molar-refractivity contribution in [1.82, 2.24) is 5.32 Å². The molecule has 60 valence electrons. The summed E-state index contributed by atoms with van der Waals surface area (Å²) in [4.78, 5) is 0. The zero-order valence-electron chi connectivity index (χ0n) is 6.85. The van der Waals surface area contributed by atoms with Gasteiger partial charge in [-0.25, -0.2) is 0 Å². The number of hydrogen-bond donors (Lipinski definition) is 2. The second-order valence-electron chi connectivity index (χ2n) is 2.53. The maximum absolute atomic E-state index is 8.90. The van der Waals surface area contributed by atoms with Gasteiger partial charge in [-0.05, 0) is 19.5 Å². The van der Waals surface area contributed by atoms with E-state index in [1.54, 1.807) is 0 Å². The van der Waals surface area contributed by atoms with Crippen LogP contribution in [0.4, 0.5) is 0 Å². The maximum Gasteiger partial charge on any atom is 0.0879 e. The van der Waals surface area contributed by atoms with Crippen molar-refractivity contribution in [2.45, 2.75) is 20.3 Å². The third-order valence-corrected chi connectivity index (χ3v) is 1.57. The van der Waals surface area contributed by atoms with Crippen molar-refractivity contribution in [3.8, 4) is 0 Å². The molecular weight excluding hydrogens is 126 g/mol. The molecule has 0 bridgehead atoms. The van der Waals surface area contributed by atoms with E-state index < -0.39 is 0 Å². The van der Waals surface area contributed by atoms with Gasteiger partial charge in [0.1, 0.15) is 0 Å². The summed E-state index contributed by atoms with van der Waals surface area (Å²) in [7, 11) is 0. The molecule has 0 radical (unpaired) electrons. The molecule has 2 nitrogen and oxygen atoms in total. The summed E-state index contributed by atoms with van der Waals surface area (Å²) in [6.45, 7) is 9.45. The molecule has 0 fully saturated rings. The summed E-state index contributed by atoms with van der Waals surface area (Å²) in [6, 6.07) is 0. The van der Waals surface area contributed by atoms with Crippen LogP contribution in [0.5, 0.6) is 0 Å². The van der Waals surface area contributed by atoms with Crippen molar-refractivity contribution < 1.29 is 5.11 Å². The van der Waals surface area contributed by atoms with Crippen molar-refractivity contribution in [1.29, 1.82) is 0 Å². The highest BCUT2D eigenvalue weighted by atomic mass is 16.3. The third-order valence-electron chi connectivity index (χ3n) is 1.57. The summed E-state index contributed by atoms with van der Waals surface area (Å²) in [5.74, 6) is 0.511. The van der Waals surface area contributed by atoms with Gasteiger partial charge in [0, 0.05) is 5.92 Å². The molecule has 0 heterocycles. The first-order valence-corrected chi connectivity index (χ1v) is 3.77. The topological polar surface area (TPSA) is 32.3 Å². The Bertz CT molecular complexity index is 101. The van der Waals surface area contributed by atoms with Gasteiger partial charge in [0.2, 0.25) is 0 Å². The Hall–Kier alpha value is -0.500. The van der Waals surface area contributed by atoms with E-state index in [0.717, 1.165) is 19.5 Å². The molecule has 0 spiro atoms. The predicted molar refractivity (Wildman–Crippen MR) is 44.1 cm³/mol. The molecule has 2 N–H and O–H groups in total. The van der Waals surface area contributed by atoms with E-state index in [1.807, 2.05) is 6.92 Å². The molecular formula is C8H17NO. The monoisotopic (exact) mass is 143 g/mol. The maximum atomic E-state index is 8.90. The Morgan fingerprint density at radius 1 is 1.70 bits per heavy atom. The molecule has 0 amide bonds. The first-order chi connectivity index (χ1) is 4.68. The first-order valence-electron chi connectivity index (χ1n) is 3.77. The minimum absolute atomic E-state index is 0.221. The van der Waals surface area contributed by atoms with E-state index in [9.17, 15) is 0 Å². The molecule has 0 aromatic rings. The van der Waals surface area contributed by atoms with Gasteiger partial charge < -0.3 is 10.4 Å². The lowest BCUT2D eigenvalue weighted by atomic mass is 10.1. The molecule has 2 heteroatoms. The minimum atomic E-state index is 0.221. The Labute approximate surface area is 62.9 Å². The number of nitrogens with one attached hydrogen (secondary N) is 1. The molecule has 0 aliphatic heterocycles. The Morgan fingerprint density at radius 2 is 2.30 bits per heavy atom. The summed E-state index contributed by atoms with van der Waals surface area (Å²) in [5, 5.41) is 12.1. The molecule has 0 aliphatic rings. The fraction of sp³-hybridized carbons (Fsp3) is 0.750. The standard InChI is InChI=1S/C8H17NO/c1-4-9-6-5-7(2)8(3)10/h7,9-10H,3-6H2,1-2H3. The fourth-order valence-corrected chi connectivity index (χ4v) is 0.662. The van der Waals surface area contributed by atoms with Crippen LogP contribution in [0.3, 0.4) is 0 Å². The number of aliphatic hydroxyl groups excluding tert-OH is 1. The minimum Gasteiger partial charge on any atom is -0.513 e. The Morgan fingerprint density at radius 3 is 2.70 bits per heavy atom. The smallest absolute Gasteiger partial charge is 0.0879 e. The van der Waals surface area contributed by atoms with E-state index in [0.29, 0.717) is 0 Å². The zero-order chi connectivity index (χ0) is 7.98.